The number of anilines is 3. The van der Waals surface area contributed by atoms with E-state index >= 15 is 0 Å². The molecule has 0 fully saturated rings. The van der Waals surface area contributed by atoms with Crippen LogP contribution < -0.4 is 4.90 Å². The lowest BCUT2D eigenvalue weighted by Crippen LogP contribution is -2.16. The van der Waals surface area contributed by atoms with Crippen LogP contribution in [-0.2, 0) is 5.41 Å². The first kappa shape index (κ1) is 27.1. The van der Waals surface area contributed by atoms with Crippen LogP contribution >= 0.6 is 0 Å². The number of hydrogen-bond donors (Lipinski definition) is 0. The summed E-state index contributed by atoms with van der Waals surface area (Å²) in [7, 11) is 0. The second kappa shape index (κ2) is 9.97. The standard InChI is InChI=1S/C45H31NO2/c1-45(2)36-15-8-6-13-32(36)33-24-23-31(27-37(33)45)46(30-21-19-29(20-22-30)28-11-4-3-5-12-28)38-16-10-18-40-42(38)35-25-26-41-43(44(35)48-40)34-14-7-9-17-39(34)47-41/h3-27H,1-2H3. The highest BCUT2D eigenvalue weighted by Crippen LogP contribution is 2.52. The average molecular weight is 618 g/mol. The monoisotopic (exact) mass is 617 g/mol. The number of hydrogen-bond acceptors (Lipinski definition) is 3. The molecule has 0 amide bonds. The van der Waals surface area contributed by atoms with Gasteiger partial charge in [0.15, 0.2) is 0 Å². The lowest BCUT2D eigenvalue weighted by Gasteiger charge is -2.28. The van der Waals surface area contributed by atoms with Gasteiger partial charge in [-0.15, -0.1) is 0 Å². The van der Waals surface area contributed by atoms with Gasteiger partial charge in [-0.1, -0.05) is 111 Å². The van der Waals surface area contributed by atoms with Gasteiger partial charge in [-0.25, -0.2) is 0 Å². The molecule has 228 valence electrons. The molecular formula is C45H31NO2. The second-order valence-corrected chi connectivity index (χ2v) is 13.3. The Morgan fingerprint density at radius 2 is 1.15 bits per heavy atom. The Morgan fingerprint density at radius 1 is 0.458 bits per heavy atom. The Kier molecular flexibility index (Phi) is 5.63. The van der Waals surface area contributed by atoms with Gasteiger partial charge in [0.2, 0.25) is 0 Å². The molecule has 0 radical (unpaired) electrons. The maximum atomic E-state index is 6.73. The third kappa shape index (κ3) is 3.82. The number of furan rings is 2. The minimum Gasteiger partial charge on any atom is -0.456 e. The molecule has 1 aliphatic rings. The summed E-state index contributed by atoms with van der Waals surface area (Å²) >= 11 is 0. The smallest absolute Gasteiger partial charge is 0.147 e. The summed E-state index contributed by atoms with van der Waals surface area (Å²) in [6, 6.07) is 54.1. The zero-order chi connectivity index (χ0) is 32.0. The quantitative estimate of drug-likeness (QED) is 0.197. The van der Waals surface area contributed by atoms with E-state index in [-0.39, 0.29) is 5.41 Å². The first-order valence-corrected chi connectivity index (χ1v) is 16.5. The predicted octanol–water partition coefficient (Wildman–Crippen LogP) is 12.9. The molecule has 3 heteroatoms. The topological polar surface area (TPSA) is 29.5 Å². The lowest BCUT2D eigenvalue weighted by atomic mass is 9.82. The molecule has 0 saturated carbocycles. The van der Waals surface area contributed by atoms with Crippen LogP contribution in [0.15, 0.2) is 160 Å². The molecule has 0 saturated heterocycles. The Labute approximate surface area is 278 Å². The summed E-state index contributed by atoms with van der Waals surface area (Å²) in [5, 5.41) is 4.22. The van der Waals surface area contributed by atoms with E-state index in [1.807, 2.05) is 12.1 Å². The lowest BCUT2D eigenvalue weighted by molar-refractivity contribution is 0.660. The maximum Gasteiger partial charge on any atom is 0.147 e. The molecule has 2 aromatic heterocycles. The summed E-state index contributed by atoms with van der Waals surface area (Å²) in [5.41, 5.74) is 14.3. The van der Waals surface area contributed by atoms with E-state index in [2.05, 4.69) is 158 Å². The molecule has 1 aliphatic carbocycles. The first-order chi connectivity index (χ1) is 23.6. The van der Waals surface area contributed by atoms with E-state index in [4.69, 9.17) is 8.83 Å². The summed E-state index contributed by atoms with van der Waals surface area (Å²) in [6.45, 7) is 4.68. The van der Waals surface area contributed by atoms with Crippen LogP contribution in [0, 0.1) is 0 Å². The van der Waals surface area contributed by atoms with Crippen molar-refractivity contribution in [1.82, 2.24) is 0 Å². The minimum absolute atomic E-state index is 0.118. The van der Waals surface area contributed by atoms with Gasteiger partial charge in [0.25, 0.3) is 0 Å². The molecule has 0 N–H and O–H groups in total. The molecule has 0 unspecified atom stereocenters. The van der Waals surface area contributed by atoms with Gasteiger partial charge in [0, 0.05) is 27.6 Å². The van der Waals surface area contributed by atoms with Crippen LogP contribution in [0.3, 0.4) is 0 Å². The van der Waals surface area contributed by atoms with Gasteiger partial charge in [-0.05, 0) is 88.0 Å². The van der Waals surface area contributed by atoms with Crippen LogP contribution in [-0.4, -0.2) is 0 Å². The van der Waals surface area contributed by atoms with E-state index in [1.165, 1.54) is 33.4 Å². The Bertz CT molecular complexity index is 2690. The van der Waals surface area contributed by atoms with Crippen molar-refractivity contribution in [3.63, 3.8) is 0 Å². The van der Waals surface area contributed by atoms with Crippen LogP contribution in [0.2, 0.25) is 0 Å². The van der Waals surface area contributed by atoms with Crippen LogP contribution in [0.25, 0.3) is 66.1 Å². The van der Waals surface area contributed by atoms with Crippen molar-refractivity contribution in [3.05, 3.63) is 163 Å². The minimum atomic E-state index is -0.118. The van der Waals surface area contributed by atoms with Crippen molar-refractivity contribution in [2.24, 2.45) is 0 Å². The largest absolute Gasteiger partial charge is 0.456 e. The molecule has 0 bridgehead atoms. The van der Waals surface area contributed by atoms with Gasteiger partial charge in [0.1, 0.15) is 22.3 Å². The number of nitrogens with zero attached hydrogens (tertiary/aromatic N) is 1. The van der Waals surface area contributed by atoms with Crippen LogP contribution in [0.4, 0.5) is 17.1 Å². The van der Waals surface area contributed by atoms with Gasteiger partial charge in [-0.2, -0.15) is 0 Å². The van der Waals surface area contributed by atoms with Crippen molar-refractivity contribution in [1.29, 1.82) is 0 Å². The van der Waals surface area contributed by atoms with Crippen molar-refractivity contribution < 1.29 is 8.83 Å². The predicted molar refractivity (Wildman–Crippen MR) is 199 cm³/mol. The zero-order valence-corrected chi connectivity index (χ0v) is 26.7. The molecule has 0 spiro atoms. The van der Waals surface area contributed by atoms with E-state index < -0.39 is 0 Å². The molecule has 48 heavy (non-hydrogen) atoms. The molecule has 2 heterocycles. The highest BCUT2D eigenvalue weighted by Gasteiger charge is 2.36. The highest BCUT2D eigenvalue weighted by atomic mass is 16.3. The SMILES string of the molecule is CC1(C)c2ccccc2-c2ccc(N(c3ccc(-c4ccccc4)cc3)c3cccc4oc5c(ccc6oc7ccccc7c65)c34)cc21. The molecule has 10 rings (SSSR count). The molecule has 9 aromatic rings. The van der Waals surface area contributed by atoms with Gasteiger partial charge in [-0.3, -0.25) is 0 Å². The third-order valence-corrected chi connectivity index (χ3v) is 10.3. The zero-order valence-electron chi connectivity index (χ0n) is 26.7. The summed E-state index contributed by atoms with van der Waals surface area (Å²) in [4.78, 5) is 2.39. The Morgan fingerprint density at radius 3 is 2.02 bits per heavy atom. The highest BCUT2D eigenvalue weighted by molar-refractivity contribution is 6.24. The van der Waals surface area contributed by atoms with Crippen molar-refractivity contribution in [3.8, 4) is 22.3 Å². The van der Waals surface area contributed by atoms with Crippen LogP contribution in [0.1, 0.15) is 25.0 Å². The van der Waals surface area contributed by atoms with E-state index in [9.17, 15) is 0 Å². The fraction of sp³-hybridized carbons (Fsp3) is 0.0667. The summed E-state index contributed by atoms with van der Waals surface area (Å²) < 4.78 is 13.0. The summed E-state index contributed by atoms with van der Waals surface area (Å²) in [6.07, 6.45) is 0. The Balaban J connectivity index is 1.23. The van der Waals surface area contributed by atoms with E-state index in [0.717, 1.165) is 60.9 Å². The van der Waals surface area contributed by atoms with Gasteiger partial charge in [0.05, 0.1) is 16.5 Å². The van der Waals surface area contributed by atoms with Gasteiger partial charge >= 0.3 is 0 Å². The average Bonchev–Trinajstić information content (AvgIpc) is 3.77. The number of benzene rings is 7. The van der Waals surface area contributed by atoms with Crippen LogP contribution in [0.5, 0.6) is 0 Å². The third-order valence-electron chi connectivity index (χ3n) is 10.3. The molecule has 3 nitrogen and oxygen atoms in total. The fourth-order valence-corrected chi connectivity index (χ4v) is 7.95. The molecule has 7 aromatic carbocycles. The van der Waals surface area contributed by atoms with Crippen molar-refractivity contribution >= 4 is 60.9 Å². The first-order valence-electron chi connectivity index (χ1n) is 16.5. The number of para-hydroxylation sites is 1. The second-order valence-electron chi connectivity index (χ2n) is 13.3. The summed E-state index contributed by atoms with van der Waals surface area (Å²) in [5.74, 6) is 0. The van der Waals surface area contributed by atoms with E-state index in [0.29, 0.717) is 0 Å². The molecule has 0 atom stereocenters. The Hall–Kier alpha value is -6.06. The molecular weight excluding hydrogens is 587 g/mol. The molecule has 0 aliphatic heterocycles. The van der Waals surface area contributed by atoms with Gasteiger partial charge < -0.3 is 13.7 Å². The van der Waals surface area contributed by atoms with Crippen molar-refractivity contribution in [2.75, 3.05) is 4.90 Å². The number of rotatable bonds is 4. The van der Waals surface area contributed by atoms with Crippen molar-refractivity contribution in [2.45, 2.75) is 19.3 Å². The van der Waals surface area contributed by atoms with E-state index in [1.54, 1.807) is 0 Å². The normalized spacial score (nSPS) is 13.4. The maximum absolute atomic E-state index is 6.73. The fourth-order valence-electron chi connectivity index (χ4n) is 7.95. The number of fused-ring (bicyclic) bond motifs is 10.